The molecule has 44 heavy (non-hydrogen) atoms. The normalized spacial score (nSPS) is 18.4. The Labute approximate surface area is 257 Å². The number of rotatable bonds is 5. The van der Waals surface area contributed by atoms with E-state index in [1.807, 2.05) is 41.1 Å². The van der Waals surface area contributed by atoms with E-state index in [1.165, 1.54) is 30.2 Å². The van der Waals surface area contributed by atoms with E-state index in [1.54, 1.807) is 4.90 Å². The predicted molar refractivity (Wildman–Crippen MR) is 167 cm³/mol. The van der Waals surface area contributed by atoms with Crippen LogP contribution < -0.4 is 10.6 Å². The maximum Gasteiger partial charge on any atom is 0.410 e. The molecule has 2 aromatic carbocycles. The summed E-state index contributed by atoms with van der Waals surface area (Å²) in [5.74, 6) is 6.34. The van der Waals surface area contributed by atoms with E-state index in [-0.39, 0.29) is 24.8 Å². The van der Waals surface area contributed by atoms with E-state index in [4.69, 9.17) is 4.74 Å². The van der Waals surface area contributed by atoms with Crippen molar-refractivity contribution in [3.8, 4) is 11.8 Å². The van der Waals surface area contributed by atoms with E-state index >= 15 is 0 Å². The molecule has 8 nitrogen and oxygen atoms in total. The zero-order chi connectivity index (χ0) is 30.0. The highest BCUT2D eigenvalue weighted by molar-refractivity contribution is 7.20. The molecular weight excluding hydrogens is 582 g/mol. The molecule has 2 atom stereocenters. The summed E-state index contributed by atoms with van der Waals surface area (Å²) in [6.45, 7) is 2.37. The monoisotopic (exact) mass is 612 g/mol. The second kappa shape index (κ2) is 12.2. The second-order valence-electron chi connectivity index (χ2n) is 11.1. The number of carbonyl (C=O) groups is 1. The van der Waals surface area contributed by atoms with Gasteiger partial charge < -0.3 is 19.5 Å². The van der Waals surface area contributed by atoms with Gasteiger partial charge in [0.15, 0.2) is 5.82 Å². The summed E-state index contributed by atoms with van der Waals surface area (Å²) in [7, 11) is 0. The zero-order valence-electron chi connectivity index (χ0n) is 23.9. The van der Waals surface area contributed by atoms with Crippen LogP contribution in [0.25, 0.3) is 21.1 Å². The van der Waals surface area contributed by atoms with Crippen LogP contribution in [0, 0.1) is 23.5 Å². The summed E-state index contributed by atoms with van der Waals surface area (Å²) < 4.78 is 36.4. The van der Waals surface area contributed by atoms with Gasteiger partial charge in [0.05, 0.1) is 27.7 Å². The number of benzene rings is 2. The summed E-state index contributed by atoms with van der Waals surface area (Å²) in [6.07, 6.45) is 6.90. The molecule has 0 saturated carbocycles. The number of fused-ring (bicyclic) bond motifs is 2. The highest BCUT2D eigenvalue weighted by Crippen LogP contribution is 2.32. The number of likely N-dealkylation sites (tertiary alicyclic amines) is 1. The second-order valence-corrected chi connectivity index (χ2v) is 12.2. The third-order valence-corrected chi connectivity index (χ3v) is 9.08. The van der Waals surface area contributed by atoms with Gasteiger partial charge in [-0.25, -0.2) is 23.5 Å². The van der Waals surface area contributed by atoms with Gasteiger partial charge in [-0.05, 0) is 67.8 Å². The Kier molecular flexibility index (Phi) is 7.85. The molecule has 2 unspecified atom stereocenters. The van der Waals surface area contributed by atoms with Crippen molar-refractivity contribution in [2.24, 2.45) is 0 Å². The first-order chi connectivity index (χ1) is 21.5. The summed E-state index contributed by atoms with van der Waals surface area (Å²) in [5, 5.41) is 7.72. The summed E-state index contributed by atoms with van der Waals surface area (Å²) in [6, 6.07) is 13.2. The lowest BCUT2D eigenvalue weighted by atomic mass is 10.1. The highest BCUT2D eigenvalue weighted by Gasteiger charge is 2.28. The van der Waals surface area contributed by atoms with E-state index in [9.17, 15) is 13.6 Å². The van der Waals surface area contributed by atoms with E-state index in [0.29, 0.717) is 24.3 Å². The van der Waals surface area contributed by atoms with Crippen molar-refractivity contribution in [1.29, 1.82) is 0 Å². The molecule has 5 heterocycles. The Bertz CT molecular complexity index is 1900. The lowest BCUT2D eigenvalue weighted by Crippen LogP contribution is -2.38. The maximum atomic E-state index is 14.2. The molecule has 2 N–H and O–H groups in total. The first-order valence-corrected chi connectivity index (χ1v) is 15.5. The number of hydrogen-bond donors (Lipinski definition) is 2. The molecule has 224 valence electrons. The molecule has 0 radical (unpaired) electrons. The third kappa shape index (κ3) is 6.09. The highest BCUT2D eigenvalue weighted by atomic mass is 32.1. The fourth-order valence-electron chi connectivity index (χ4n) is 5.76. The van der Waals surface area contributed by atoms with Crippen LogP contribution in [0.4, 0.5) is 25.1 Å². The summed E-state index contributed by atoms with van der Waals surface area (Å²) in [5.41, 5.74) is 2.84. The molecule has 5 aromatic rings. The Hall–Kier alpha value is -4.53. The Balaban J connectivity index is 1.02. The standard InChI is InChI=1S/C33H30F2N6O2S/c34-23-4-8-28(35)22(14-23)19-41-13-10-21-15-25(6-9-30(21)41)39-32-31-29(37-20-38-32)17-27(44-31)7-5-24-16-26(18-36-24)43-33(42)40-11-2-1-3-12-40/h4,6,8-10,13-15,17,20,24,26,36H,1-3,11-12,16,18-19H2,(H,37,38,39). The van der Waals surface area contributed by atoms with Gasteiger partial charge in [-0.15, -0.1) is 11.3 Å². The summed E-state index contributed by atoms with van der Waals surface area (Å²) >= 11 is 1.52. The van der Waals surface area contributed by atoms with Gasteiger partial charge in [-0.2, -0.15) is 0 Å². The number of aromatic nitrogens is 3. The van der Waals surface area contributed by atoms with Gasteiger partial charge in [0.1, 0.15) is 24.1 Å². The molecule has 0 bridgehead atoms. The summed E-state index contributed by atoms with van der Waals surface area (Å²) in [4.78, 5) is 24.0. The average molecular weight is 613 g/mol. The van der Waals surface area contributed by atoms with Gasteiger partial charge in [0.25, 0.3) is 0 Å². The zero-order valence-corrected chi connectivity index (χ0v) is 24.7. The van der Waals surface area contributed by atoms with Crippen LogP contribution >= 0.6 is 11.3 Å². The minimum atomic E-state index is -0.460. The van der Waals surface area contributed by atoms with Crippen molar-refractivity contribution in [2.45, 2.75) is 44.4 Å². The minimum absolute atomic E-state index is 0.0560. The Morgan fingerprint density at radius 1 is 1.09 bits per heavy atom. The van der Waals surface area contributed by atoms with Gasteiger partial charge in [0.2, 0.25) is 0 Å². The number of amides is 1. The first-order valence-electron chi connectivity index (χ1n) is 14.7. The number of halogens is 2. The Morgan fingerprint density at radius 3 is 2.86 bits per heavy atom. The van der Waals surface area contributed by atoms with Crippen molar-refractivity contribution in [1.82, 2.24) is 24.8 Å². The lowest BCUT2D eigenvalue weighted by Gasteiger charge is -2.27. The third-order valence-electron chi connectivity index (χ3n) is 8.04. The van der Waals surface area contributed by atoms with Crippen molar-refractivity contribution < 1.29 is 18.3 Å². The first kappa shape index (κ1) is 28.3. The van der Waals surface area contributed by atoms with Gasteiger partial charge in [-0.3, -0.25) is 5.32 Å². The topological polar surface area (TPSA) is 84.3 Å². The van der Waals surface area contributed by atoms with Gasteiger partial charge in [0, 0.05) is 54.4 Å². The molecule has 0 spiro atoms. The van der Waals surface area contributed by atoms with Crippen LogP contribution in [0.3, 0.4) is 0 Å². The molecule has 0 aliphatic carbocycles. The number of thiophene rings is 1. The smallest absolute Gasteiger partial charge is 0.410 e. The van der Waals surface area contributed by atoms with Crippen molar-refractivity contribution >= 4 is 50.1 Å². The van der Waals surface area contributed by atoms with Gasteiger partial charge >= 0.3 is 6.09 Å². The fraction of sp³-hybridized carbons (Fsp3) is 0.303. The van der Waals surface area contributed by atoms with Crippen molar-refractivity contribution in [3.63, 3.8) is 0 Å². The molecule has 3 aromatic heterocycles. The number of nitrogens with one attached hydrogen (secondary N) is 2. The molecule has 2 aliphatic rings. The van der Waals surface area contributed by atoms with Crippen LogP contribution in [0.1, 0.15) is 36.1 Å². The molecular formula is C33H30F2N6O2S. The predicted octanol–water partition coefficient (Wildman–Crippen LogP) is 6.42. The van der Waals surface area contributed by atoms with Crippen LogP contribution in [-0.2, 0) is 11.3 Å². The van der Waals surface area contributed by atoms with Gasteiger partial charge in [-0.1, -0.05) is 11.8 Å². The molecule has 1 amide bonds. The van der Waals surface area contributed by atoms with Crippen LogP contribution in [0.2, 0.25) is 0 Å². The lowest BCUT2D eigenvalue weighted by molar-refractivity contribution is 0.0646. The largest absolute Gasteiger partial charge is 0.445 e. The molecule has 2 saturated heterocycles. The number of anilines is 2. The average Bonchev–Trinajstić information content (AvgIpc) is 3.77. The van der Waals surface area contributed by atoms with E-state index in [0.717, 1.165) is 69.7 Å². The number of piperidine rings is 1. The van der Waals surface area contributed by atoms with E-state index < -0.39 is 11.6 Å². The molecule has 7 rings (SSSR count). The van der Waals surface area contributed by atoms with E-state index in [2.05, 4.69) is 32.4 Å². The van der Waals surface area contributed by atoms with Crippen LogP contribution in [0.5, 0.6) is 0 Å². The SMILES string of the molecule is O=C(OC1CNC(C#Cc2cc3ncnc(Nc4ccc5c(ccn5Cc5cc(F)ccc5F)c4)c3s2)C1)N1CCCCC1. The number of hydrogen-bond acceptors (Lipinski definition) is 7. The fourth-order valence-corrected chi connectivity index (χ4v) is 6.68. The van der Waals surface area contributed by atoms with Crippen molar-refractivity contribution in [2.75, 3.05) is 25.0 Å². The van der Waals surface area contributed by atoms with Crippen molar-refractivity contribution in [3.05, 3.63) is 83.1 Å². The molecule has 2 aliphatic heterocycles. The number of nitrogens with zero attached hydrogens (tertiary/aromatic N) is 4. The Morgan fingerprint density at radius 2 is 1.98 bits per heavy atom. The quantitative estimate of drug-likeness (QED) is 0.223. The minimum Gasteiger partial charge on any atom is -0.445 e. The number of carbonyl (C=O) groups excluding carboxylic acids is 1. The number of ether oxygens (including phenoxy) is 1. The van der Waals surface area contributed by atoms with Crippen LogP contribution in [0.15, 0.2) is 61.1 Å². The maximum absolute atomic E-state index is 14.2. The van der Waals surface area contributed by atoms with Crippen LogP contribution in [-0.4, -0.2) is 57.3 Å². The molecule has 2 fully saturated rings. The molecule has 11 heteroatoms.